The van der Waals surface area contributed by atoms with Crippen LogP contribution in [0.2, 0.25) is 0 Å². The summed E-state index contributed by atoms with van der Waals surface area (Å²) in [4.78, 5) is 4.36. The van der Waals surface area contributed by atoms with Crippen LogP contribution in [0.5, 0.6) is 5.88 Å². The van der Waals surface area contributed by atoms with Gasteiger partial charge in [0.25, 0.3) is 0 Å². The van der Waals surface area contributed by atoms with Crippen molar-refractivity contribution in [3.8, 4) is 5.88 Å². The van der Waals surface area contributed by atoms with E-state index in [1.165, 1.54) is 0 Å². The van der Waals surface area contributed by atoms with Crippen LogP contribution >= 0.6 is 15.9 Å². The second-order valence-corrected chi connectivity index (χ2v) is 4.63. The summed E-state index contributed by atoms with van der Waals surface area (Å²) in [7, 11) is 0. The fourth-order valence-electron chi connectivity index (χ4n) is 1.54. The average molecular weight is 307 g/mol. The Morgan fingerprint density at radius 3 is 2.78 bits per heavy atom. The predicted octanol–water partition coefficient (Wildman–Crippen LogP) is 3.85. The summed E-state index contributed by atoms with van der Waals surface area (Å²) in [5.74, 6) is 1.46. The van der Waals surface area contributed by atoms with Crippen LogP contribution in [0.15, 0.2) is 46.9 Å². The van der Waals surface area contributed by atoms with Crippen molar-refractivity contribution in [1.82, 2.24) is 4.98 Å². The molecule has 0 bridgehead atoms. The fourth-order valence-corrected chi connectivity index (χ4v) is 1.94. The van der Waals surface area contributed by atoms with Crippen LogP contribution in [-0.4, -0.2) is 11.5 Å². The Morgan fingerprint density at radius 2 is 2.00 bits per heavy atom. The molecule has 1 aromatic heterocycles. The molecule has 2 rings (SSSR count). The number of ether oxygens (including phenoxy) is 1. The highest BCUT2D eigenvalue weighted by atomic mass is 79.9. The minimum atomic E-state index is 0.504. The SMILES string of the molecule is CCNc1cccc(OCc2ccccc2Br)n1. The number of benzene rings is 1. The van der Waals surface area contributed by atoms with Gasteiger partial charge in [-0.05, 0) is 19.1 Å². The van der Waals surface area contributed by atoms with Crippen molar-refractivity contribution in [3.05, 3.63) is 52.5 Å². The van der Waals surface area contributed by atoms with E-state index in [1.807, 2.05) is 49.4 Å². The predicted molar refractivity (Wildman–Crippen MR) is 76.9 cm³/mol. The Kier molecular flexibility index (Phi) is 4.59. The van der Waals surface area contributed by atoms with Gasteiger partial charge in [0.1, 0.15) is 12.4 Å². The summed E-state index contributed by atoms with van der Waals surface area (Å²) < 4.78 is 6.73. The van der Waals surface area contributed by atoms with Crippen molar-refractivity contribution in [1.29, 1.82) is 0 Å². The third-order valence-electron chi connectivity index (χ3n) is 2.41. The van der Waals surface area contributed by atoms with Crippen molar-refractivity contribution in [3.63, 3.8) is 0 Å². The van der Waals surface area contributed by atoms with Gasteiger partial charge in [-0.15, -0.1) is 0 Å². The lowest BCUT2D eigenvalue weighted by Crippen LogP contribution is -2.02. The second kappa shape index (κ2) is 6.40. The monoisotopic (exact) mass is 306 g/mol. The van der Waals surface area contributed by atoms with Gasteiger partial charge in [-0.1, -0.05) is 40.2 Å². The van der Waals surface area contributed by atoms with Gasteiger partial charge in [-0.2, -0.15) is 4.98 Å². The van der Waals surface area contributed by atoms with Crippen molar-refractivity contribution in [2.45, 2.75) is 13.5 Å². The van der Waals surface area contributed by atoms with Crippen LogP contribution in [0.25, 0.3) is 0 Å². The third-order valence-corrected chi connectivity index (χ3v) is 3.19. The van der Waals surface area contributed by atoms with E-state index in [4.69, 9.17) is 4.74 Å². The van der Waals surface area contributed by atoms with Gasteiger partial charge in [0.2, 0.25) is 5.88 Å². The third kappa shape index (κ3) is 3.47. The number of rotatable bonds is 5. The molecule has 0 saturated heterocycles. The lowest BCUT2D eigenvalue weighted by molar-refractivity contribution is 0.293. The molecule has 94 valence electrons. The van der Waals surface area contributed by atoms with Crippen molar-refractivity contribution in [2.24, 2.45) is 0 Å². The smallest absolute Gasteiger partial charge is 0.215 e. The zero-order valence-electron chi connectivity index (χ0n) is 10.2. The van der Waals surface area contributed by atoms with Crippen molar-refractivity contribution >= 4 is 21.7 Å². The highest BCUT2D eigenvalue weighted by Crippen LogP contribution is 2.18. The number of aromatic nitrogens is 1. The highest BCUT2D eigenvalue weighted by Gasteiger charge is 2.01. The lowest BCUT2D eigenvalue weighted by Gasteiger charge is -2.08. The van der Waals surface area contributed by atoms with Gasteiger partial charge in [0, 0.05) is 22.6 Å². The number of hydrogen-bond acceptors (Lipinski definition) is 3. The van der Waals surface area contributed by atoms with Crippen LogP contribution in [0, 0.1) is 0 Å². The maximum Gasteiger partial charge on any atom is 0.215 e. The molecule has 0 unspecified atom stereocenters. The molecule has 0 spiro atoms. The first-order valence-corrected chi connectivity index (χ1v) is 6.66. The molecular formula is C14H15BrN2O. The molecule has 0 amide bonds. The quantitative estimate of drug-likeness (QED) is 0.911. The first kappa shape index (κ1) is 12.9. The Hall–Kier alpha value is -1.55. The topological polar surface area (TPSA) is 34.1 Å². The first-order chi connectivity index (χ1) is 8.79. The van der Waals surface area contributed by atoms with E-state index in [0.29, 0.717) is 12.5 Å². The molecule has 4 heteroatoms. The number of nitrogens with one attached hydrogen (secondary N) is 1. The van der Waals surface area contributed by atoms with Crippen LogP contribution < -0.4 is 10.1 Å². The van der Waals surface area contributed by atoms with E-state index in [9.17, 15) is 0 Å². The van der Waals surface area contributed by atoms with Gasteiger partial charge >= 0.3 is 0 Å². The fraction of sp³-hybridized carbons (Fsp3) is 0.214. The minimum Gasteiger partial charge on any atom is -0.473 e. The van der Waals surface area contributed by atoms with E-state index in [1.54, 1.807) is 0 Å². The molecule has 0 aliphatic carbocycles. The molecule has 0 atom stereocenters. The van der Waals surface area contributed by atoms with Gasteiger partial charge in [-0.3, -0.25) is 0 Å². The minimum absolute atomic E-state index is 0.504. The maximum absolute atomic E-state index is 5.68. The van der Waals surface area contributed by atoms with Crippen LogP contribution in [0.1, 0.15) is 12.5 Å². The number of nitrogens with zero attached hydrogens (tertiary/aromatic N) is 1. The van der Waals surface area contributed by atoms with Gasteiger partial charge in [0.15, 0.2) is 0 Å². The molecule has 0 saturated carbocycles. The second-order valence-electron chi connectivity index (χ2n) is 3.77. The number of anilines is 1. The zero-order valence-corrected chi connectivity index (χ0v) is 11.8. The summed E-state index contributed by atoms with van der Waals surface area (Å²) in [6.45, 7) is 3.39. The largest absolute Gasteiger partial charge is 0.473 e. The van der Waals surface area contributed by atoms with Gasteiger partial charge in [0.05, 0.1) is 0 Å². The number of hydrogen-bond donors (Lipinski definition) is 1. The molecular weight excluding hydrogens is 292 g/mol. The summed E-state index contributed by atoms with van der Waals surface area (Å²) in [5.41, 5.74) is 1.10. The maximum atomic E-state index is 5.68. The Labute approximate surface area is 115 Å². The van der Waals surface area contributed by atoms with Crippen molar-refractivity contribution < 1.29 is 4.74 Å². The molecule has 1 N–H and O–H groups in total. The standard InChI is InChI=1S/C14H15BrN2O/c1-2-16-13-8-5-9-14(17-13)18-10-11-6-3-4-7-12(11)15/h3-9H,2,10H2,1H3,(H,16,17). The van der Waals surface area contributed by atoms with E-state index in [0.717, 1.165) is 22.4 Å². The van der Waals surface area contributed by atoms with Crippen LogP contribution in [0.3, 0.4) is 0 Å². The zero-order chi connectivity index (χ0) is 12.8. The van der Waals surface area contributed by atoms with Crippen LogP contribution in [0.4, 0.5) is 5.82 Å². The van der Waals surface area contributed by atoms with E-state index in [-0.39, 0.29) is 0 Å². The van der Waals surface area contributed by atoms with Crippen LogP contribution in [-0.2, 0) is 6.61 Å². The molecule has 0 aliphatic rings. The Balaban J connectivity index is 2.02. The summed E-state index contributed by atoms with van der Waals surface area (Å²) >= 11 is 3.50. The molecule has 18 heavy (non-hydrogen) atoms. The summed E-state index contributed by atoms with van der Waals surface area (Å²) in [6.07, 6.45) is 0. The highest BCUT2D eigenvalue weighted by molar-refractivity contribution is 9.10. The normalized spacial score (nSPS) is 10.1. The first-order valence-electron chi connectivity index (χ1n) is 5.86. The lowest BCUT2D eigenvalue weighted by atomic mass is 10.2. The Bertz CT molecular complexity index is 517. The molecule has 0 aliphatic heterocycles. The van der Waals surface area contributed by atoms with E-state index >= 15 is 0 Å². The molecule has 1 heterocycles. The van der Waals surface area contributed by atoms with E-state index < -0.39 is 0 Å². The molecule has 0 radical (unpaired) electrons. The number of pyridine rings is 1. The van der Waals surface area contributed by atoms with Gasteiger partial charge in [-0.25, -0.2) is 0 Å². The average Bonchev–Trinajstić information content (AvgIpc) is 2.39. The molecule has 0 fully saturated rings. The van der Waals surface area contributed by atoms with Gasteiger partial charge < -0.3 is 10.1 Å². The molecule has 2 aromatic rings. The number of halogens is 1. The molecule has 1 aromatic carbocycles. The van der Waals surface area contributed by atoms with Crippen molar-refractivity contribution in [2.75, 3.05) is 11.9 Å². The summed E-state index contributed by atoms with van der Waals surface area (Å²) in [5, 5.41) is 3.16. The van der Waals surface area contributed by atoms with E-state index in [2.05, 4.69) is 26.2 Å². The molecule has 3 nitrogen and oxygen atoms in total. The Morgan fingerprint density at radius 1 is 1.17 bits per heavy atom. The summed E-state index contributed by atoms with van der Waals surface area (Å²) in [6, 6.07) is 13.7.